The van der Waals surface area contributed by atoms with Gasteiger partial charge in [0.15, 0.2) is 0 Å². The van der Waals surface area contributed by atoms with Crippen molar-refractivity contribution in [2.45, 2.75) is 44.6 Å². The molecule has 1 aromatic carbocycles. The highest BCUT2D eigenvalue weighted by molar-refractivity contribution is 7.09. The second kappa shape index (κ2) is 7.23. The number of carbonyl (C=O) groups is 1. The van der Waals surface area contributed by atoms with Crippen molar-refractivity contribution in [3.05, 3.63) is 46.4 Å². The second-order valence-electron chi connectivity index (χ2n) is 6.17. The normalized spacial score (nSPS) is 16.4. The van der Waals surface area contributed by atoms with Gasteiger partial charge in [-0.2, -0.15) is 0 Å². The number of carbonyl (C=O) groups excluding carboxylic acids is 1. The lowest BCUT2D eigenvalue weighted by molar-refractivity contribution is -0.116. The Labute approximate surface area is 141 Å². The maximum atomic E-state index is 12.2. The van der Waals surface area contributed by atoms with Crippen LogP contribution < -0.4 is 10.6 Å². The van der Waals surface area contributed by atoms with Crippen LogP contribution in [0.25, 0.3) is 0 Å². The quantitative estimate of drug-likeness (QED) is 0.846. The number of thiazole rings is 1. The Balaban J connectivity index is 1.54. The van der Waals surface area contributed by atoms with E-state index in [1.807, 2.05) is 42.8 Å². The van der Waals surface area contributed by atoms with E-state index in [0.717, 1.165) is 29.1 Å². The molecular formula is C18H23N3OS. The van der Waals surface area contributed by atoms with E-state index in [0.29, 0.717) is 13.0 Å². The number of rotatable bonds is 6. The van der Waals surface area contributed by atoms with E-state index in [9.17, 15) is 4.79 Å². The number of anilines is 1. The van der Waals surface area contributed by atoms with Gasteiger partial charge in [0.25, 0.3) is 0 Å². The summed E-state index contributed by atoms with van der Waals surface area (Å²) in [4.78, 5) is 16.7. The minimum Gasteiger partial charge on any atom is -0.326 e. The van der Waals surface area contributed by atoms with Crippen molar-refractivity contribution in [2.75, 3.05) is 11.9 Å². The van der Waals surface area contributed by atoms with Gasteiger partial charge in [-0.1, -0.05) is 31.0 Å². The van der Waals surface area contributed by atoms with Crippen LogP contribution in [-0.4, -0.2) is 17.4 Å². The maximum absolute atomic E-state index is 12.2. The van der Waals surface area contributed by atoms with Crippen LogP contribution >= 0.6 is 11.3 Å². The SMILES string of the molecule is Cc1ccccc1NC(=O)CCNC1(c2nccs2)CCCC1. The molecule has 0 radical (unpaired) electrons. The summed E-state index contributed by atoms with van der Waals surface area (Å²) in [7, 11) is 0. The lowest BCUT2D eigenvalue weighted by Gasteiger charge is -2.28. The molecular weight excluding hydrogens is 306 g/mol. The van der Waals surface area contributed by atoms with Crippen molar-refractivity contribution < 1.29 is 4.79 Å². The van der Waals surface area contributed by atoms with Gasteiger partial charge < -0.3 is 10.6 Å². The molecule has 1 fully saturated rings. The number of aromatic nitrogens is 1. The third kappa shape index (κ3) is 3.79. The van der Waals surface area contributed by atoms with E-state index in [2.05, 4.69) is 15.6 Å². The zero-order valence-electron chi connectivity index (χ0n) is 13.5. The monoisotopic (exact) mass is 329 g/mol. The van der Waals surface area contributed by atoms with Crippen molar-refractivity contribution in [3.8, 4) is 0 Å². The molecule has 4 nitrogen and oxygen atoms in total. The third-order valence-electron chi connectivity index (χ3n) is 4.53. The van der Waals surface area contributed by atoms with Crippen LogP contribution in [0.3, 0.4) is 0 Å². The second-order valence-corrected chi connectivity index (χ2v) is 7.06. The number of benzene rings is 1. The summed E-state index contributed by atoms with van der Waals surface area (Å²) in [6.07, 6.45) is 7.01. The van der Waals surface area contributed by atoms with Crippen LogP contribution in [-0.2, 0) is 10.3 Å². The molecule has 0 unspecified atom stereocenters. The molecule has 0 aliphatic heterocycles. The van der Waals surface area contributed by atoms with Gasteiger partial charge in [0.05, 0.1) is 5.54 Å². The van der Waals surface area contributed by atoms with E-state index in [1.165, 1.54) is 12.8 Å². The number of para-hydroxylation sites is 1. The summed E-state index contributed by atoms with van der Waals surface area (Å²) in [6.45, 7) is 2.68. The lowest BCUT2D eigenvalue weighted by atomic mass is 9.98. The zero-order chi connectivity index (χ0) is 16.1. The number of nitrogens with one attached hydrogen (secondary N) is 2. The Bertz CT molecular complexity index is 648. The fraction of sp³-hybridized carbons (Fsp3) is 0.444. The first-order valence-electron chi connectivity index (χ1n) is 8.20. The molecule has 3 rings (SSSR count). The lowest BCUT2D eigenvalue weighted by Crippen LogP contribution is -2.41. The standard InChI is InChI=1S/C18H23N3OS/c1-14-6-2-3-7-15(14)21-16(22)8-11-20-18(9-4-5-10-18)17-19-12-13-23-17/h2-3,6-7,12-13,20H,4-5,8-11H2,1H3,(H,21,22). The van der Waals surface area contributed by atoms with Gasteiger partial charge in [0, 0.05) is 30.2 Å². The summed E-state index contributed by atoms with van der Waals surface area (Å²) in [5.74, 6) is 0.0547. The summed E-state index contributed by atoms with van der Waals surface area (Å²) in [6, 6.07) is 7.86. The van der Waals surface area contributed by atoms with Crippen molar-refractivity contribution in [2.24, 2.45) is 0 Å². The zero-order valence-corrected chi connectivity index (χ0v) is 14.3. The Kier molecular flexibility index (Phi) is 5.08. The molecule has 1 amide bonds. The van der Waals surface area contributed by atoms with Crippen LogP contribution in [0.4, 0.5) is 5.69 Å². The van der Waals surface area contributed by atoms with Gasteiger partial charge in [0.2, 0.25) is 5.91 Å². The molecule has 1 aliphatic carbocycles. The molecule has 0 bridgehead atoms. The molecule has 1 aliphatic rings. The van der Waals surface area contributed by atoms with Crippen LogP contribution in [0, 0.1) is 6.92 Å². The van der Waals surface area contributed by atoms with E-state index in [1.54, 1.807) is 11.3 Å². The summed E-state index contributed by atoms with van der Waals surface area (Å²) >= 11 is 1.71. The molecule has 1 aromatic heterocycles. The fourth-order valence-corrected chi connectivity index (χ4v) is 4.12. The minimum atomic E-state index is -0.0168. The highest BCUT2D eigenvalue weighted by atomic mass is 32.1. The Morgan fingerprint density at radius 3 is 2.78 bits per heavy atom. The van der Waals surface area contributed by atoms with Crippen molar-refractivity contribution in [1.82, 2.24) is 10.3 Å². The molecule has 1 saturated carbocycles. The Morgan fingerprint density at radius 1 is 1.30 bits per heavy atom. The van der Waals surface area contributed by atoms with Gasteiger partial charge in [0.1, 0.15) is 5.01 Å². The summed E-state index contributed by atoms with van der Waals surface area (Å²) in [5, 5.41) is 9.80. The highest BCUT2D eigenvalue weighted by Gasteiger charge is 2.37. The average molecular weight is 329 g/mol. The first kappa shape index (κ1) is 16.1. The number of amides is 1. The van der Waals surface area contributed by atoms with Crippen molar-refractivity contribution in [3.63, 3.8) is 0 Å². The predicted molar refractivity (Wildman–Crippen MR) is 94.7 cm³/mol. The van der Waals surface area contributed by atoms with Crippen LogP contribution in [0.5, 0.6) is 0 Å². The predicted octanol–water partition coefficient (Wildman–Crippen LogP) is 3.84. The van der Waals surface area contributed by atoms with Crippen LogP contribution in [0.2, 0.25) is 0 Å². The third-order valence-corrected chi connectivity index (χ3v) is 5.51. The maximum Gasteiger partial charge on any atom is 0.225 e. The van der Waals surface area contributed by atoms with E-state index in [-0.39, 0.29) is 11.4 Å². The van der Waals surface area contributed by atoms with Gasteiger partial charge in [-0.25, -0.2) is 4.98 Å². The van der Waals surface area contributed by atoms with Gasteiger partial charge in [-0.15, -0.1) is 11.3 Å². The largest absolute Gasteiger partial charge is 0.326 e. The van der Waals surface area contributed by atoms with E-state index in [4.69, 9.17) is 0 Å². The highest BCUT2D eigenvalue weighted by Crippen LogP contribution is 2.39. The average Bonchev–Trinajstić information content (AvgIpc) is 3.21. The first-order valence-corrected chi connectivity index (χ1v) is 9.08. The first-order chi connectivity index (χ1) is 11.2. The fourth-order valence-electron chi connectivity index (χ4n) is 3.25. The number of hydrogen-bond acceptors (Lipinski definition) is 4. The smallest absolute Gasteiger partial charge is 0.225 e. The Hall–Kier alpha value is -1.72. The van der Waals surface area contributed by atoms with Crippen LogP contribution in [0.1, 0.15) is 42.7 Å². The molecule has 0 atom stereocenters. The van der Waals surface area contributed by atoms with Gasteiger partial charge in [-0.3, -0.25) is 4.79 Å². The summed E-state index contributed by atoms with van der Waals surface area (Å²) < 4.78 is 0. The molecule has 5 heteroatoms. The van der Waals surface area contributed by atoms with E-state index >= 15 is 0 Å². The topological polar surface area (TPSA) is 54.0 Å². The molecule has 122 valence electrons. The molecule has 2 N–H and O–H groups in total. The minimum absolute atomic E-state index is 0.0168. The molecule has 0 saturated heterocycles. The number of aryl methyl sites for hydroxylation is 1. The van der Waals surface area contributed by atoms with Crippen molar-refractivity contribution in [1.29, 1.82) is 0 Å². The summed E-state index contributed by atoms with van der Waals surface area (Å²) in [5.41, 5.74) is 1.97. The number of nitrogens with zero attached hydrogens (tertiary/aromatic N) is 1. The van der Waals surface area contributed by atoms with Crippen LogP contribution in [0.15, 0.2) is 35.8 Å². The molecule has 23 heavy (non-hydrogen) atoms. The molecule has 2 aromatic rings. The van der Waals surface area contributed by atoms with Gasteiger partial charge in [-0.05, 0) is 31.4 Å². The van der Waals surface area contributed by atoms with Gasteiger partial charge >= 0.3 is 0 Å². The molecule has 1 heterocycles. The van der Waals surface area contributed by atoms with Crippen molar-refractivity contribution >= 4 is 22.9 Å². The molecule has 0 spiro atoms. The number of hydrogen-bond donors (Lipinski definition) is 2. The van der Waals surface area contributed by atoms with E-state index < -0.39 is 0 Å². The Morgan fingerprint density at radius 2 is 2.09 bits per heavy atom.